The van der Waals surface area contributed by atoms with E-state index in [2.05, 4.69) is 30.7 Å². The van der Waals surface area contributed by atoms with Crippen LogP contribution in [0.15, 0.2) is 36.5 Å². The largest absolute Gasteiger partial charge is 0.490 e. The van der Waals surface area contributed by atoms with Crippen LogP contribution in [0.3, 0.4) is 0 Å². The normalized spacial score (nSPS) is 19.7. The summed E-state index contributed by atoms with van der Waals surface area (Å²) in [4.78, 5) is 56.7. The molecular weight excluding hydrogens is 687 g/mol. The summed E-state index contributed by atoms with van der Waals surface area (Å²) in [5.74, 6) is -3.29. The fourth-order valence-corrected chi connectivity index (χ4v) is 5.71. The first-order chi connectivity index (χ1) is 22.6. The van der Waals surface area contributed by atoms with Crippen LogP contribution in [0.2, 0.25) is 10.0 Å². The first kappa shape index (κ1) is 36.3. The molecule has 5 rings (SSSR count). The topological polar surface area (TPSA) is 166 Å². The number of ether oxygens (including phenoxy) is 1. The second kappa shape index (κ2) is 15.1. The maximum Gasteiger partial charge on any atom is 0.490 e. The number of urea groups is 1. The highest BCUT2D eigenvalue weighted by Gasteiger charge is 2.38. The number of carboxylic acid groups (broad SMARTS) is 1. The number of aromatic amines is 1. The number of aromatic nitrogens is 2. The predicted molar refractivity (Wildman–Crippen MR) is 167 cm³/mol. The third kappa shape index (κ3) is 8.47. The Labute approximate surface area is 281 Å². The molecule has 2 aromatic carbocycles. The standard InChI is InChI=1S/C28H29Cl2FN6O4.C2HF3O2/c1-14-4-3-5-22(37-11-10-19(36-27(37)39)23-17(29)8-9-18(30)24(23)31)25-32-13-21(34-25)16-7-6-15(33-28(40)41-2)12-20(16)35-26(14)38;3-2(4,5)1(6)7/h6-9,12-14,19,22H,3-5,10-11H2,1-2H3,(H,32,34)(H,33,40)(H,35,38)(H,36,39);(H,6,7)/t14-,19+,22+;/m1./s1. The zero-order valence-corrected chi connectivity index (χ0v) is 26.9. The number of imidazole rings is 1. The minimum atomic E-state index is -5.08. The molecule has 1 fully saturated rings. The summed E-state index contributed by atoms with van der Waals surface area (Å²) in [7, 11) is 1.27. The molecule has 0 radical (unpaired) electrons. The van der Waals surface area contributed by atoms with Gasteiger partial charge in [0.1, 0.15) is 11.6 Å². The number of amides is 4. The molecule has 258 valence electrons. The van der Waals surface area contributed by atoms with Gasteiger partial charge in [-0.05, 0) is 49.6 Å². The number of rotatable bonds is 3. The number of benzene rings is 2. The molecule has 3 aromatic rings. The SMILES string of the molecule is COC(=O)Nc1ccc2c(c1)NC(=O)[C@H](C)CCC[C@H](N1CC[C@@H](c3c(Cl)ccc(Cl)c3F)NC1=O)c1ncc-2[nH]1.O=C(O)C(F)(F)F. The van der Waals surface area contributed by atoms with E-state index in [1.54, 1.807) is 29.3 Å². The number of alkyl halides is 3. The van der Waals surface area contributed by atoms with E-state index in [0.717, 1.165) is 0 Å². The van der Waals surface area contributed by atoms with Gasteiger partial charge in [-0.25, -0.2) is 23.8 Å². The molecule has 5 N–H and O–H groups in total. The Morgan fingerprint density at radius 3 is 2.44 bits per heavy atom. The summed E-state index contributed by atoms with van der Waals surface area (Å²) >= 11 is 12.2. The quantitative estimate of drug-likeness (QED) is 0.140. The van der Waals surface area contributed by atoms with Crippen molar-refractivity contribution in [2.45, 2.75) is 50.9 Å². The van der Waals surface area contributed by atoms with Gasteiger partial charge in [-0.3, -0.25) is 10.1 Å². The van der Waals surface area contributed by atoms with Gasteiger partial charge in [-0.1, -0.05) is 36.5 Å². The molecule has 4 amide bonds. The van der Waals surface area contributed by atoms with Crippen molar-refractivity contribution in [2.75, 3.05) is 24.3 Å². The molecule has 2 aliphatic rings. The summed E-state index contributed by atoms with van der Waals surface area (Å²) in [5, 5.41) is 15.7. The molecule has 3 atom stereocenters. The molecule has 2 bridgehead atoms. The minimum Gasteiger partial charge on any atom is -0.475 e. The van der Waals surface area contributed by atoms with E-state index < -0.39 is 36.1 Å². The van der Waals surface area contributed by atoms with E-state index >= 15 is 0 Å². The van der Waals surface area contributed by atoms with Crippen molar-refractivity contribution in [1.29, 1.82) is 0 Å². The molecule has 0 unspecified atom stereocenters. The Kier molecular flexibility index (Phi) is 11.4. The second-order valence-electron chi connectivity index (χ2n) is 10.9. The number of aliphatic carboxylic acids is 1. The predicted octanol–water partition coefficient (Wildman–Crippen LogP) is 7.29. The fourth-order valence-electron chi connectivity index (χ4n) is 5.27. The first-order valence-electron chi connectivity index (χ1n) is 14.5. The number of carbonyl (C=O) groups is 4. The minimum absolute atomic E-state index is 0.0600. The third-order valence-corrected chi connectivity index (χ3v) is 8.36. The number of H-pyrrole nitrogens is 1. The number of hydrogen-bond donors (Lipinski definition) is 5. The summed E-state index contributed by atoms with van der Waals surface area (Å²) in [5.41, 5.74) is 2.39. The van der Waals surface area contributed by atoms with Crippen LogP contribution in [0.1, 0.15) is 56.1 Å². The van der Waals surface area contributed by atoms with Gasteiger partial charge in [0.15, 0.2) is 0 Å². The van der Waals surface area contributed by atoms with Crippen LogP contribution in [0, 0.1) is 11.7 Å². The van der Waals surface area contributed by atoms with Gasteiger partial charge in [0.2, 0.25) is 5.91 Å². The number of hydrogen-bond acceptors (Lipinski definition) is 6. The van der Waals surface area contributed by atoms with Crippen molar-refractivity contribution in [1.82, 2.24) is 20.2 Å². The van der Waals surface area contributed by atoms with Crippen molar-refractivity contribution < 1.29 is 46.6 Å². The van der Waals surface area contributed by atoms with Crippen molar-refractivity contribution in [3.05, 3.63) is 63.8 Å². The van der Waals surface area contributed by atoms with Crippen LogP contribution >= 0.6 is 23.2 Å². The molecule has 0 saturated carbocycles. The Morgan fingerprint density at radius 2 is 1.79 bits per heavy atom. The van der Waals surface area contributed by atoms with Gasteiger partial charge in [0, 0.05) is 34.3 Å². The molecule has 1 aromatic heterocycles. The highest BCUT2D eigenvalue weighted by Crippen LogP contribution is 2.38. The molecular formula is C30H30Cl2F4N6O6. The van der Waals surface area contributed by atoms with Crippen LogP contribution in [-0.4, -0.2) is 63.8 Å². The summed E-state index contributed by atoms with van der Waals surface area (Å²) in [6.45, 7) is 2.17. The van der Waals surface area contributed by atoms with Crippen LogP contribution in [0.4, 0.5) is 38.5 Å². The average Bonchev–Trinajstić information content (AvgIpc) is 3.51. The molecule has 2 aliphatic heterocycles. The van der Waals surface area contributed by atoms with Gasteiger partial charge < -0.3 is 30.4 Å². The molecule has 48 heavy (non-hydrogen) atoms. The number of nitrogens with zero attached hydrogens (tertiary/aromatic N) is 2. The number of fused-ring (bicyclic) bond motifs is 4. The Hall–Kier alpha value is -4.57. The highest BCUT2D eigenvalue weighted by molar-refractivity contribution is 6.33. The Bertz CT molecular complexity index is 1700. The Balaban J connectivity index is 0.000000671. The van der Waals surface area contributed by atoms with Crippen LogP contribution in [0.25, 0.3) is 11.3 Å². The average molecular weight is 718 g/mol. The smallest absolute Gasteiger partial charge is 0.475 e. The monoisotopic (exact) mass is 716 g/mol. The van der Waals surface area contributed by atoms with Crippen molar-refractivity contribution >= 4 is 58.6 Å². The lowest BCUT2D eigenvalue weighted by molar-refractivity contribution is -0.192. The van der Waals surface area contributed by atoms with E-state index in [1.807, 2.05) is 6.92 Å². The van der Waals surface area contributed by atoms with Gasteiger partial charge >= 0.3 is 24.3 Å². The van der Waals surface area contributed by atoms with E-state index in [-0.39, 0.29) is 33.5 Å². The van der Waals surface area contributed by atoms with E-state index in [1.165, 1.54) is 19.2 Å². The molecule has 3 heterocycles. The highest BCUT2D eigenvalue weighted by atomic mass is 35.5. The van der Waals surface area contributed by atoms with E-state index in [9.17, 15) is 31.9 Å². The van der Waals surface area contributed by atoms with Crippen molar-refractivity contribution in [3.8, 4) is 11.3 Å². The number of carboxylic acids is 1. The number of anilines is 2. The van der Waals surface area contributed by atoms with Gasteiger partial charge in [-0.2, -0.15) is 13.2 Å². The van der Waals surface area contributed by atoms with E-state index in [0.29, 0.717) is 60.7 Å². The van der Waals surface area contributed by atoms with Gasteiger partial charge in [0.05, 0.1) is 41.8 Å². The number of halogens is 6. The molecule has 0 spiro atoms. The summed E-state index contributed by atoms with van der Waals surface area (Å²) in [6.07, 6.45) is -1.88. The third-order valence-electron chi connectivity index (χ3n) is 7.74. The number of nitrogens with one attached hydrogen (secondary N) is 4. The molecule has 1 saturated heterocycles. The zero-order chi connectivity index (χ0) is 35.3. The molecule has 0 aliphatic carbocycles. The van der Waals surface area contributed by atoms with E-state index in [4.69, 9.17) is 33.1 Å². The molecule has 18 heteroatoms. The maximum absolute atomic E-state index is 14.8. The number of methoxy groups -OCH3 is 1. The summed E-state index contributed by atoms with van der Waals surface area (Å²) < 4.78 is 51.2. The zero-order valence-electron chi connectivity index (χ0n) is 25.4. The number of carbonyl (C=O) groups excluding carboxylic acids is 3. The lowest BCUT2D eigenvalue weighted by Gasteiger charge is -2.38. The van der Waals surface area contributed by atoms with Gasteiger partial charge in [-0.15, -0.1) is 0 Å². The first-order valence-corrected chi connectivity index (χ1v) is 15.2. The van der Waals surface area contributed by atoms with Crippen LogP contribution in [-0.2, 0) is 14.3 Å². The Morgan fingerprint density at radius 1 is 1.10 bits per heavy atom. The van der Waals surface area contributed by atoms with Gasteiger partial charge in [0.25, 0.3) is 0 Å². The van der Waals surface area contributed by atoms with Crippen LogP contribution < -0.4 is 16.0 Å². The van der Waals surface area contributed by atoms with Crippen molar-refractivity contribution in [3.63, 3.8) is 0 Å². The maximum atomic E-state index is 14.8. The lowest BCUT2D eigenvalue weighted by atomic mass is 9.97. The van der Waals surface area contributed by atoms with Crippen molar-refractivity contribution in [2.24, 2.45) is 5.92 Å². The summed E-state index contributed by atoms with van der Waals surface area (Å²) in [6, 6.07) is 6.57. The second-order valence-corrected chi connectivity index (χ2v) is 11.8. The molecule has 12 nitrogen and oxygen atoms in total. The van der Waals surface area contributed by atoms with Crippen LogP contribution in [0.5, 0.6) is 0 Å². The lowest BCUT2D eigenvalue weighted by Crippen LogP contribution is -2.49. The fraction of sp³-hybridized carbons (Fsp3) is 0.367.